The molecule has 4 nitrogen and oxygen atoms in total. The average molecular weight is 337 g/mol. The Morgan fingerprint density at radius 2 is 1.96 bits per heavy atom. The molecule has 1 unspecified atom stereocenters. The number of likely N-dealkylation sites (tertiary alicyclic amines) is 1. The molecule has 0 amide bonds. The van der Waals surface area contributed by atoms with Crippen LogP contribution in [-0.2, 0) is 4.74 Å². The molecule has 0 bridgehead atoms. The summed E-state index contributed by atoms with van der Waals surface area (Å²) in [4.78, 5) is 8.52. The summed E-state index contributed by atoms with van der Waals surface area (Å²) in [6.45, 7) is 3.63. The predicted molar refractivity (Wildman–Crippen MR) is 88.5 cm³/mol. The van der Waals surface area contributed by atoms with Crippen LogP contribution < -0.4 is 4.90 Å². The Morgan fingerprint density at radius 1 is 1.12 bits per heavy atom. The Kier molecular flexibility index (Phi) is 4.21. The van der Waals surface area contributed by atoms with Gasteiger partial charge in [-0.2, -0.15) is 0 Å². The van der Waals surface area contributed by atoms with E-state index in [4.69, 9.17) is 4.74 Å². The molecule has 4 rings (SSSR count). The molecule has 3 saturated heterocycles. The van der Waals surface area contributed by atoms with Crippen LogP contribution in [0.15, 0.2) is 24.5 Å². The maximum Gasteiger partial charge on any atom is 0.257 e. The number of hydrogen-bond acceptors (Lipinski definition) is 4. The second-order valence-corrected chi connectivity index (χ2v) is 7.43. The minimum absolute atomic E-state index is 0.0226. The minimum Gasteiger partial charge on any atom is -0.381 e. The summed E-state index contributed by atoms with van der Waals surface area (Å²) < 4.78 is 35.2. The number of piperidine rings is 1. The minimum atomic E-state index is -2.59. The topological polar surface area (TPSA) is 28.6 Å². The van der Waals surface area contributed by atoms with Crippen molar-refractivity contribution in [1.82, 2.24) is 9.88 Å². The molecule has 1 aromatic rings. The van der Waals surface area contributed by atoms with Gasteiger partial charge < -0.3 is 9.64 Å². The molecule has 0 radical (unpaired) electrons. The number of hydrogen-bond donors (Lipinski definition) is 0. The highest BCUT2D eigenvalue weighted by atomic mass is 19.3. The van der Waals surface area contributed by atoms with E-state index in [1.165, 1.54) is 0 Å². The first-order valence-corrected chi connectivity index (χ1v) is 8.94. The zero-order chi connectivity index (χ0) is 16.6. The summed E-state index contributed by atoms with van der Waals surface area (Å²) in [6.07, 6.45) is 5.95. The predicted octanol–water partition coefficient (Wildman–Crippen LogP) is 2.80. The third kappa shape index (κ3) is 2.80. The Morgan fingerprint density at radius 3 is 2.71 bits per heavy atom. The normalized spacial score (nSPS) is 31.7. The van der Waals surface area contributed by atoms with E-state index in [1.807, 2.05) is 12.1 Å². The van der Waals surface area contributed by atoms with Gasteiger partial charge in [0, 0.05) is 58.1 Å². The van der Waals surface area contributed by atoms with Crippen LogP contribution in [0.4, 0.5) is 14.5 Å². The largest absolute Gasteiger partial charge is 0.381 e. The number of ether oxygens (including phenoxy) is 1. The van der Waals surface area contributed by atoms with Crippen molar-refractivity contribution >= 4 is 5.69 Å². The van der Waals surface area contributed by atoms with Crippen LogP contribution in [0.5, 0.6) is 0 Å². The lowest BCUT2D eigenvalue weighted by atomic mass is 9.75. The van der Waals surface area contributed by atoms with Gasteiger partial charge in [0.05, 0.1) is 17.3 Å². The molecule has 3 aliphatic rings. The van der Waals surface area contributed by atoms with Crippen molar-refractivity contribution in [1.29, 1.82) is 0 Å². The van der Waals surface area contributed by atoms with Crippen molar-refractivity contribution in [3.63, 3.8) is 0 Å². The molecule has 3 fully saturated rings. The SMILES string of the molecule is FC1(F)CCN(C2CCOCC2)CC12CCN(c1cccnc1)C2. The number of aromatic nitrogens is 1. The van der Waals surface area contributed by atoms with Crippen molar-refractivity contribution in [2.24, 2.45) is 5.41 Å². The molecule has 1 atom stereocenters. The number of alkyl halides is 2. The van der Waals surface area contributed by atoms with Crippen molar-refractivity contribution in [3.05, 3.63) is 24.5 Å². The monoisotopic (exact) mass is 337 g/mol. The molecule has 0 aromatic carbocycles. The lowest BCUT2D eigenvalue weighted by Crippen LogP contribution is -2.59. The molecule has 4 heterocycles. The zero-order valence-electron chi connectivity index (χ0n) is 14.0. The standard InChI is InChI=1S/C18H25F2N3O/c19-18(20)6-9-22(15-3-10-24-11-4-15)13-17(18)5-8-23(14-17)16-2-1-7-21-12-16/h1-2,7,12,15H,3-6,8-11,13-14H2. The molecule has 132 valence electrons. The molecule has 1 spiro atoms. The van der Waals surface area contributed by atoms with Gasteiger partial charge in [0.2, 0.25) is 0 Å². The highest BCUT2D eigenvalue weighted by Crippen LogP contribution is 2.50. The first-order valence-electron chi connectivity index (χ1n) is 8.94. The van der Waals surface area contributed by atoms with Crippen LogP contribution in [0.1, 0.15) is 25.7 Å². The summed E-state index contributed by atoms with van der Waals surface area (Å²) in [5.41, 5.74) is 0.0210. The Labute approximate surface area is 141 Å². The van der Waals surface area contributed by atoms with Gasteiger partial charge >= 0.3 is 0 Å². The van der Waals surface area contributed by atoms with E-state index in [0.29, 0.717) is 38.6 Å². The van der Waals surface area contributed by atoms with Crippen LogP contribution in [0.3, 0.4) is 0 Å². The van der Waals surface area contributed by atoms with Gasteiger partial charge in [0.25, 0.3) is 5.92 Å². The average Bonchev–Trinajstić information content (AvgIpc) is 3.05. The number of nitrogens with zero attached hydrogens (tertiary/aromatic N) is 3. The number of pyridine rings is 1. The van der Waals surface area contributed by atoms with Crippen LogP contribution in [0, 0.1) is 5.41 Å². The van der Waals surface area contributed by atoms with Crippen molar-refractivity contribution in [2.75, 3.05) is 44.3 Å². The van der Waals surface area contributed by atoms with Crippen molar-refractivity contribution < 1.29 is 13.5 Å². The number of rotatable bonds is 2. The lowest BCUT2D eigenvalue weighted by Gasteiger charge is -2.49. The molecule has 3 aliphatic heterocycles. The third-order valence-corrected chi connectivity index (χ3v) is 6.07. The lowest BCUT2D eigenvalue weighted by molar-refractivity contribution is -0.167. The van der Waals surface area contributed by atoms with Crippen molar-refractivity contribution in [2.45, 2.75) is 37.6 Å². The second-order valence-electron chi connectivity index (χ2n) is 7.43. The van der Waals surface area contributed by atoms with Crippen LogP contribution in [-0.4, -0.2) is 61.2 Å². The Bertz CT molecular complexity index is 565. The molecule has 0 saturated carbocycles. The molecule has 0 aliphatic carbocycles. The van der Waals surface area contributed by atoms with Gasteiger partial charge in [-0.3, -0.25) is 9.88 Å². The summed E-state index contributed by atoms with van der Waals surface area (Å²) in [6, 6.07) is 4.23. The van der Waals surface area contributed by atoms with E-state index in [2.05, 4.69) is 14.8 Å². The fraction of sp³-hybridized carbons (Fsp3) is 0.722. The van der Waals surface area contributed by atoms with Gasteiger partial charge in [-0.25, -0.2) is 8.78 Å². The van der Waals surface area contributed by atoms with Crippen LogP contribution in [0.2, 0.25) is 0 Å². The number of anilines is 1. The van der Waals surface area contributed by atoms with Gasteiger partial charge in [-0.1, -0.05) is 0 Å². The molecule has 24 heavy (non-hydrogen) atoms. The van der Waals surface area contributed by atoms with E-state index in [0.717, 1.165) is 31.7 Å². The molecule has 6 heteroatoms. The summed E-state index contributed by atoms with van der Waals surface area (Å²) in [5, 5.41) is 0. The highest BCUT2D eigenvalue weighted by molar-refractivity contribution is 5.45. The Balaban J connectivity index is 1.53. The molecular formula is C18H25F2N3O. The summed E-state index contributed by atoms with van der Waals surface area (Å²) in [5.74, 6) is -2.59. The van der Waals surface area contributed by atoms with Crippen LogP contribution >= 0.6 is 0 Å². The van der Waals surface area contributed by atoms with E-state index in [9.17, 15) is 8.78 Å². The fourth-order valence-electron chi connectivity index (χ4n) is 4.56. The van der Waals surface area contributed by atoms with Gasteiger partial charge in [0.1, 0.15) is 0 Å². The maximum absolute atomic E-state index is 14.9. The van der Waals surface area contributed by atoms with Gasteiger partial charge in [-0.15, -0.1) is 0 Å². The number of halogens is 2. The maximum atomic E-state index is 14.9. The summed E-state index contributed by atoms with van der Waals surface area (Å²) >= 11 is 0. The first-order chi connectivity index (χ1) is 11.6. The molecular weight excluding hydrogens is 312 g/mol. The van der Waals surface area contributed by atoms with E-state index >= 15 is 0 Å². The first kappa shape index (κ1) is 16.2. The van der Waals surface area contributed by atoms with E-state index in [1.54, 1.807) is 12.4 Å². The zero-order valence-corrected chi connectivity index (χ0v) is 14.0. The molecule has 1 aromatic heterocycles. The van der Waals surface area contributed by atoms with Crippen molar-refractivity contribution in [3.8, 4) is 0 Å². The van der Waals surface area contributed by atoms with E-state index in [-0.39, 0.29) is 6.42 Å². The third-order valence-electron chi connectivity index (χ3n) is 6.07. The second kappa shape index (κ2) is 6.23. The van der Waals surface area contributed by atoms with Crippen LogP contribution in [0.25, 0.3) is 0 Å². The van der Waals surface area contributed by atoms with Gasteiger partial charge in [0.15, 0.2) is 0 Å². The highest BCUT2D eigenvalue weighted by Gasteiger charge is 2.59. The van der Waals surface area contributed by atoms with E-state index < -0.39 is 11.3 Å². The molecule has 0 N–H and O–H groups in total. The summed E-state index contributed by atoms with van der Waals surface area (Å²) in [7, 11) is 0. The quantitative estimate of drug-likeness (QED) is 0.830. The Hall–Kier alpha value is -1.27. The van der Waals surface area contributed by atoms with Gasteiger partial charge in [-0.05, 0) is 31.4 Å². The smallest absolute Gasteiger partial charge is 0.257 e. The fourth-order valence-corrected chi connectivity index (χ4v) is 4.56.